The van der Waals surface area contributed by atoms with Crippen LogP contribution < -0.4 is 0 Å². The Morgan fingerprint density at radius 3 is 2.00 bits per heavy atom. The zero-order valence-electron chi connectivity index (χ0n) is 9.67. The molecule has 1 rings (SSSR count). The van der Waals surface area contributed by atoms with Gasteiger partial charge in [-0.1, -0.05) is 49.7 Å². The standard InChI is InChI=1S/C13H19.Y/c1-11(2)13(3,4)10-12-8-6-5-7-9-12;/h5-9H,10H2,1-4H3;/q-1;. The van der Waals surface area contributed by atoms with Gasteiger partial charge in [0.25, 0.3) is 0 Å². The van der Waals surface area contributed by atoms with Crippen LogP contribution in [0.25, 0.3) is 0 Å². The van der Waals surface area contributed by atoms with Gasteiger partial charge in [-0.25, -0.2) is 0 Å². The number of hydrogen-bond donors (Lipinski definition) is 0. The van der Waals surface area contributed by atoms with E-state index in [1.165, 1.54) is 11.5 Å². The molecule has 0 N–H and O–H groups in total. The summed E-state index contributed by atoms with van der Waals surface area (Å²) in [6.07, 6.45) is 1.14. The van der Waals surface area contributed by atoms with Crippen molar-refractivity contribution in [3.8, 4) is 0 Å². The van der Waals surface area contributed by atoms with Crippen LogP contribution >= 0.6 is 0 Å². The molecule has 1 aromatic rings. The van der Waals surface area contributed by atoms with Gasteiger partial charge in [-0.2, -0.15) is 19.3 Å². The molecule has 0 bridgehead atoms. The van der Waals surface area contributed by atoms with Crippen molar-refractivity contribution in [1.82, 2.24) is 0 Å². The van der Waals surface area contributed by atoms with Crippen molar-refractivity contribution in [3.05, 3.63) is 41.8 Å². The third-order valence-electron chi connectivity index (χ3n) is 2.84. The maximum absolute atomic E-state index is 2.30. The second-order valence-corrected chi connectivity index (χ2v) is 4.55. The summed E-state index contributed by atoms with van der Waals surface area (Å²) in [5.41, 5.74) is 1.75. The summed E-state index contributed by atoms with van der Waals surface area (Å²) in [6, 6.07) is 10.7. The summed E-state index contributed by atoms with van der Waals surface area (Å²) >= 11 is 0. The molecule has 0 atom stereocenters. The van der Waals surface area contributed by atoms with E-state index in [1.54, 1.807) is 0 Å². The number of rotatable bonds is 3. The minimum absolute atomic E-state index is 0. The van der Waals surface area contributed by atoms with Gasteiger partial charge in [0.1, 0.15) is 0 Å². The first-order chi connectivity index (χ1) is 6.02. The predicted octanol–water partition coefficient (Wildman–Crippen LogP) is 3.87. The van der Waals surface area contributed by atoms with Gasteiger partial charge in [-0.05, 0) is 6.42 Å². The molecule has 0 heterocycles. The van der Waals surface area contributed by atoms with Crippen molar-refractivity contribution >= 4 is 0 Å². The molecule has 75 valence electrons. The molecule has 0 aliphatic carbocycles. The molecule has 0 amide bonds. The van der Waals surface area contributed by atoms with Gasteiger partial charge in [0.05, 0.1) is 0 Å². The zero-order chi connectivity index (χ0) is 9.90. The quantitative estimate of drug-likeness (QED) is 0.727. The van der Waals surface area contributed by atoms with Gasteiger partial charge >= 0.3 is 0 Å². The van der Waals surface area contributed by atoms with Gasteiger partial charge in [0.15, 0.2) is 0 Å². The number of hydrogen-bond acceptors (Lipinski definition) is 0. The van der Waals surface area contributed by atoms with Crippen LogP contribution in [0.4, 0.5) is 0 Å². The molecule has 1 radical (unpaired) electrons. The zero-order valence-corrected chi connectivity index (χ0v) is 12.5. The van der Waals surface area contributed by atoms with E-state index < -0.39 is 0 Å². The van der Waals surface area contributed by atoms with Crippen LogP contribution in [0.15, 0.2) is 30.3 Å². The topological polar surface area (TPSA) is 0 Å². The van der Waals surface area contributed by atoms with Crippen LogP contribution in [0.5, 0.6) is 0 Å². The monoisotopic (exact) mass is 264 g/mol. The summed E-state index contributed by atoms with van der Waals surface area (Å²) in [4.78, 5) is 0. The average molecular weight is 264 g/mol. The Balaban J connectivity index is 0.00000169. The normalized spacial score (nSPS) is 11.2. The molecule has 0 aliphatic heterocycles. The molecule has 0 aliphatic rings. The molecule has 0 saturated heterocycles. The van der Waals surface area contributed by atoms with Crippen LogP contribution in [0.3, 0.4) is 0 Å². The van der Waals surface area contributed by atoms with Gasteiger partial charge in [0.2, 0.25) is 0 Å². The van der Waals surface area contributed by atoms with Crippen molar-refractivity contribution in [2.24, 2.45) is 5.41 Å². The fraction of sp³-hybridized carbons (Fsp3) is 0.462. The molecule has 0 fully saturated rings. The molecule has 0 aromatic heterocycles. The van der Waals surface area contributed by atoms with E-state index in [4.69, 9.17) is 0 Å². The predicted molar refractivity (Wildman–Crippen MR) is 58.5 cm³/mol. The smallest absolute Gasteiger partial charge is 0 e. The van der Waals surface area contributed by atoms with Crippen molar-refractivity contribution in [2.75, 3.05) is 0 Å². The minimum atomic E-state index is 0. The van der Waals surface area contributed by atoms with Gasteiger partial charge in [0, 0.05) is 32.7 Å². The first kappa shape index (κ1) is 14.3. The summed E-state index contributed by atoms with van der Waals surface area (Å²) < 4.78 is 0. The molecular formula is C13H19Y-. The molecule has 14 heavy (non-hydrogen) atoms. The summed E-state index contributed by atoms with van der Waals surface area (Å²) in [7, 11) is 0. The Morgan fingerprint density at radius 1 is 1.07 bits per heavy atom. The largest absolute Gasteiger partial charge is 0.314 e. The van der Waals surface area contributed by atoms with Crippen molar-refractivity contribution in [3.63, 3.8) is 0 Å². The van der Waals surface area contributed by atoms with Crippen LogP contribution in [0, 0.1) is 11.3 Å². The Labute approximate surface area is 113 Å². The maximum atomic E-state index is 2.30. The molecule has 1 aromatic carbocycles. The van der Waals surface area contributed by atoms with E-state index in [0.29, 0.717) is 5.41 Å². The third-order valence-corrected chi connectivity index (χ3v) is 2.84. The van der Waals surface area contributed by atoms with Crippen LogP contribution in [-0.2, 0) is 39.1 Å². The SMILES string of the molecule is C[C-](C)C(C)(C)Cc1ccccc1.[Y]. The maximum Gasteiger partial charge on any atom is 0 e. The first-order valence-electron chi connectivity index (χ1n) is 4.87. The van der Waals surface area contributed by atoms with E-state index in [-0.39, 0.29) is 32.7 Å². The van der Waals surface area contributed by atoms with E-state index in [1.807, 2.05) is 0 Å². The fourth-order valence-electron chi connectivity index (χ4n) is 1.28. The Kier molecular flexibility index (Phi) is 6.17. The Bertz CT molecular complexity index is 249. The average Bonchev–Trinajstić information content (AvgIpc) is 2.05. The number of benzene rings is 1. The molecule has 0 saturated carbocycles. The van der Waals surface area contributed by atoms with E-state index in [2.05, 4.69) is 58.0 Å². The first-order valence-corrected chi connectivity index (χ1v) is 4.87. The Hall–Kier alpha value is 0.324. The second-order valence-electron chi connectivity index (χ2n) is 4.55. The van der Waals surface area contributed by atoms with Crippen LogP contribution in [-0.4, -0.2) is 0 Å². The second kappa shape index (κ2) is 6.03. The molecule has 0 nitrogen and oxygen atoms in total. The summed E-state index contributed by atoms with van der Waals surface area (Å²) in [5.74, 6) is 1.50. The van der Waals surface area contributed by atoms with E-state index in [9.17, 15) is 0 Å². The Morgan fingerprint density at radius 2 is 1.57 bits per heavy atom. The fourth-order valence-corrected chi connectivity index (χ4v) is 1.28. The third kappa shape index (κ3) is 4.23. The van der Waals surface area contributed by atoms with Gasteiger partial charge in [-0.3, -0.25) is 0 Å². The van der Waals surface area contributed by atoms with E-state index in [0.717, 1.165) is 6.42 Å². The van der Waals surface area contributed by atoms with Crippen LogP contribution in [0.1, 0.15) is 33.3 Å². The summed E-state index contributed by atoms with van der Waals surface area (Å²) in [6.45, 7) is 9.02. The molecule has 1 heteroatoms. The molecule has 0 spiro atoms. The van der Waals surface area contributed by atoms with Crippen molar-refractivity contribution in [2.45, 2.75) is 34.1 Å². The molecule has 0 unspecified atom stereocenters. The van der Waals surface area contributed by atoms with Crippen molar-refractivity contribution < 1.29 is 32.7 Å². The van der Waals surface area contributed by atoms with Gasteiger partial charge in [-0.15, -0.1) is 0 Å². The van der Waals surface area contributed by atoms with E-state index >= 15 is 0 Å². The van der Waals surface area contributed by atoms with Gasteiger partial charge < -0.3 is 5.92 Å². The summed E-state index contributed by atoms with van der Waals surface area (Å²) in [5, 5.41) is 0. The van der Waals surface area contributed by atoms with Crippen molar-refractivity contribution in [1.29, 1.82) is 0 Å². The minimum Gasteiger partial charge on any atom is -0.314 e. The van der Waals surface area contributed by atoms with Crippen LogP contribution in [0.2, 0.25) is 0 Å². The molecular weight excluding hydrogens is 245 g/mol.